The highest BCUT2D eigenvalue weighted by atomic mass is 16.7. The fourth-order valence-electron chi connectivity index (χ4n) is 0.829. The van der Waals surface area contributed by atoms with Crippen LogP contribution in [0.5, 0.6) is 0 Å². The van der Waals surface area contributed by atoms with Gasteiger partial charge in [-0.2, -0.15) is 0 Å². The van der Waals surface area contributed by atoms with Crippen molar-refractivity contribution in [2.45, 2.75) is 5.79 Å². The molecule has 0 spiro atoms. The zero-order valence-electron chi connectivity index (χ0n) is 6.40. The minimum Gasteiger partial charge on any atom is -0.504 e. The molecular formula is C7H10O4. The first-order chi connectivity index (χ1) is 5.25. The van der Waals surface area contributed by atoms with Gasteiger partial charge in [-0.1, -0.05) is 0 Å². The summed E-state index contributed by atoms with van der Waals surface area (Å²) < 4.78 is 14.6. The second-order valence-electron chi connectivity index (χ2n) is 2.02. The number of ether oxygens (including phenoxy) is 3. The second kappa shape index (κ2) is 2.94. The molecule has 0 bridgehead atoms. The van der Waals surface area contributed by atoms with Crippen LogP contribution < -0.4 is 0 Å². The van der Waals surface area contributed by atoms with Crippen LogP contribution in [-0.2, 0) is 14.2 Å². The molecule has 0 radical (unpaired) electrons. The van der Waals surface area contributed by atoms with E-state index < -0.39 is 5.79 Å². The lowest BCUT2D eigenvalue weighted by atomic mass is 10.2. The van der Waals surface area contributed by atoms with Crippen molar-refractivity contribution in [2.24, 2.45) is 0 Å². The zero-order chi connectivity index (χ0) is 8.32. The fourth-order valence-corrected chi connectivity index (χ4v) is 0.829. The lowest BCUT2D eigenvalue weighted by molar-refractivity contribution is -0.167. The molecule has 0 aromatic rings. The topological polar surface area (TPSA) is 47.9 Å². The van der Waals surface area contributed by atoms with Crippen LogP contribution in [0.2, 0.25) is 0 Å². The molecule has 0 aromatic carbocycles. The van der Waals surface area contributed by atoms with Gasteiger partial charge in [0.15, 0.2) is 5.76 Å². The Morgan fingerprint density at radius 2 is 2.09 bits per heavy atom. The molecular weight excluding hydrogens is 148 g/mol. The molecule has 0 saturated heterocycles. The van der Waals surface area contributed by atoms with Crippen LogP contribution in [0.3, 0.4) is 0 Å². The Labute approximate surface area is 64.7 Å². The molecule has 0 aliphatic carbocycles. The Kier molecular flexibility index (Phi) is 2.16. The van der Waals surface area contributed by atoms with E-state index in [1.165, 1.54) is 26.6 Å². The first kappa shape index (κ1) is 8.10. The first-order valence-electron chi connectivity index (χ1n) is 3.08. The van der Waals surface area contributed by atoms with Crippen LogP contribution >= 0.6 is 0 Å². The van der Waals surface area contributed by atoms with Crippen molar-refractivity contribution >= 4 is 0 Å². The van der Waals surface area contributed by atoms with Crippen molar-refractivity contribution in [2.75, 3.05) is 14.2 Å². The minimum atomic E-state index is -1.17. The maximum absolute atomic E-state index is 9.25. The van der Waals surface area contributed by atoms with Gasteiger partial charge in [-0.15, -0.1) is 0 Å². The fraction of sp³-hybridized carbons (Fsp3) is 0.429. The van der Waals surface area contributed by atoms with Gasteiger partial charge >= 0.3 is 0 Å². The quantitative estimate of drug-likeness (QED) is 0.607. The maximum atomic E-state index is 9.25. The number of hydrogen-bond acceptors (Lipinski definition) is 4. The average molecular weight is 158 g/mol. The van der Waals surface area contributed by atoms with E-state index in [1.807, 2.05) is 0 Å². The molecule has 1 aliphatic heterocycles. The van der Waals surface area contributed by atoms with E-state index in [9.17, 15) is 5.11 Å². The monoisotopic (exact) mass is 158 g/mol. The Balaban J connectivity index is 2.87. The van der Waals surface area contributed by atoms with Gasteiger partial charge < -0.3 is 19.3 Å². The lowest BCUT2D eigenvalue weighted by Crippen LogP contribution is -2.35. The zero-order valence-corrected chi connectivity index (χ0v) is 6.40. The van der Waals surface area contributed by atoms with Crippen LogP contribution in [0.1, 0.15) is 0 Å². The highest BCUT2D eigenvalue weighted by Gasteiger charge is 2.34. The van der Waals surface area contributed by atoms with E-state index in [0.717, 1.165) is 6.26 Å². The number of hydrogen-bond donors (Lipinski definition) is 1. The molecule has 0 fully saturated rings. The van der Waals surface area contributed by atoms with E-state index >= 15 is 0 Å². The summed E-state index contributed by atoms with van der Waals surface area (Å²) in [6.07, 6.45) is 4.02. The van der Waals surface area contributed by atoms with Gasteiger partial charge in [0, 0.05) is 20.3 Å². The van der Waals surface area contributed by atoms with Crippen molar-refractivity contribution in [3.8, 4) is 0 Å². The van der Waals surface area contributed by atoms with E-state index in [4.69, 9.17) is 9.47 Å². The number of aliphatic hydroxyl groups excluding tert-OH is 1. The number of methoxy groups -OCH3 is 2. The Hall–Kier alpha value is -1.00. The summed E-state index contributed by atoms with van der Waals surface area (Å²) in [5.74, 6) is -1.27. The summed E-state index contributed by atoms with van der Waals surface area (Å²) in [4.78, 5) is 0. The van der Waals surface area contributed by atoms with E-state index in [2.05, 4.69) is 4.74 Å². The first-order valence-corrected chi connectivity index (χ1v) is 3.08. The van der Waals surface area contributed by atoms with Gasteiger partial charge in [0.05, 0.1) is 6.26 Å². The van der Waals surface area contributed by atoms with Crippen LogP contribution in [0, 0.1) is 0 Å². The third-order valence-corrected chi connectivity index (χ3v) is 1.51. The van der Waals surface area contributed by atoms with Gasteiger partial charge in [-0.05, 0) is 0 Å². The third-order valence-electron chi connectivity index (χ3n) is 1.51. The van der Waals surface area contributed by atoms with Crippen LogP contribution in [0.25, 0.3) is 0 Å². The van der Waals surface area contributed by atoms with Crippen LogP contribution in [-0.4, -0.2) is 25.1 Å². The third kappa shape index (κ3) is 1.22. The van der Waals surface area contributed by atoms with Crippen molar-refractivity contribution in [1.82, 2.24) is 0 Å². The van der Waals surface area contributed by atoms with Crippen LogP contribution in [0.4, 0.5) is 0 Å². The Morgan fingerprint density at radius 1 is 1.45 bits per heavy atom. The molecule has 1 rings (SSSR count). The SMILES string of the molecule is COC1(OC)C=COC=C1O. The van der Waals surface area contributed by atoms with Crippen molar-refractivity contribution in [3.63, 3.8) is 0 Å². The molecule has 0 aromatic heterocycles. The van der Waals surface area contributed by atoms with E-state index in [1.54, 1.807) is 0 Å². The van der Waals surface area contributed by atoms with Gasteiger partial charge in [0.1, 0.15) is 6.26 Å². The molecule has 4 nitrogen and oxygen atoms in total. The molecule has 1 aliphatic rings. The Morgan fingerprint density at radius 3 is 2.45 bits per heavy atom. The standard InChI is InChI=1S/C7H10O4/c1-9-7(10-2)3-4-11-5-6(7)8/h3-5,8H,1-2H3. The number of rotatable bonds is 2. The van der Waals surface area contributed by atoms with E-state index in [0.29, 0.717) is 0 Å². The van der Waals surface area contributed by atoms with Gasteiger partial charge in [-0.25, -0.2) is 0 Å². The van der Waals surface area contributed by atoms with E-state index in [-0.39, 0.29) is 5.76 Å². The van der Waals surface area contributed by atoms with Gasteiger partial charge in [-0.3, -0.25) is 0 Å². The summed E-state index contributed by atoms with van der Waals surface area (Å²) in [6.45, 7) is 0. The van der Waals surface area contributed by atoms with Crippen molar-refractivity contribution in [3.05, 3.63) is 24.4 Å². The molecule has 1 N–H and O–H groups in total. The van der Waals surface area contributed by atoms with Gasteiger partial charge in [0.25, 0.3) is 5.79 Å². The molecule has 4 heteroatoms. The summed E-state index contributed by atoms with van der Waals surface area (Å²) in [7, 11) is 2.87. The van der Waals surface area contributed by atoms with Crippen LogP contribution in [0.15, 0.2) is 24.4 Å². The molecule has 0 atom stereocenters. The summed E-state index contributed by atoms with van der Waals surface area (Å²) in [5.41, 5.74) is 0. The molecule has 0 saturated carbocycles. The van der Waals surface area contributed by atoms with Crippen molar-refractivity contribution in [1.29, 1.82) is 0 Å². The van der Waals surface area contributed by atoms with Crippen molar-refractivity contribution < 1.29 is 19.3 Å². The average Bonchev–Trinajstić information content (AvgIpc) is 2.06. The maximum Gasteiger partial charge on any atom is 0.253 e. The highest BCUT2D eigenvalue weighted by molar-refractivity contribution is 5.15. The highest BCUT2D eigenvalue weighted by Crippen LogP contribution is 2.24. The predicted octanol–water partition coefficient (Wildman–Crippen LogP) is 0.919. The normalized spacial score (nSPS) is 20.7. The molecule has 1 heterocycles. The smallest absolute Gasteiger partial charge is 0.253 e. The summed E-state index contributed by atoms with van der Waals surface area (Å²) >= 11 is 0. The molecule has 11 heavy (non-hydrogen) atoms. The predicted molar refractivity (Wildman–Crippen MR) is 37.7 cm³/mol. The molecule has 0 amide bonds. The Bertz CT molecular complexity index is 191. The second-order valence-corrected chi connectivity index (χ2v) is 2.02. The summed E-state index contributed by atoms with van der Waals surface area (Å²) in [5, 5.41) is 9.25. The molecule has 0 unspecified atom stereocenters. The molecule has 62 valence electrons. The number of aliphatic hydroxyl groups is 1. The van der Waals surface area contributed by atoms with Gasteiger partial charge in [0.2, 0.25) is 0 Å². The lowest BCUT2D eigenvalue weighted by Gasteiger charge is -2.27. The largest absolute Gasteiger partial charge is 0.504 e. The minimum absolute atomic E-state index is 0.106. The summed E-state index contributed by atoms with van der Waals surface area (Å²) in [6, 6.07) is 0.